The van der Waals surface area contributed by atoms with Crippen molar-refractivity contribution in [1.29, 1.82) is 0 Å². The molecule has 2 aromatic rings. The largest absolute Gasteiger partial charge is 0.477 e. The molecule has 0 radical (unpaired) electrons. The molecule has 7 heteroatoms. The summed E-state index contributed by atoms with van der Waals surface area (Å²) in [6, 6.07) is 13.6. The Hall–Kier alpha value is -2.24. The number of carbonyl (C=O) groups is 1. The molecule has 0 bridgehead atoms. The normalized spacial score (nSPS) is 9.95. The van der Waals surface area contributed by atoms with E-state index in [-0.39, 0.29) is 0 Å². The lowest BCUT2D eigenvalue weighted by molar-refractivity contribution is -0.128. The van der Waals surface area contributed by atoms with Gasteiger partial charge >= 0.3 is 5.97 Å². The molecule has 2 rings (SSSR count). The van der Waals surface area contributed by atoms with Crippen molar-refractivity contribution in [3.63, 3.8) is 0 Å². The van der Waals surface area contributed by atoms with Crippen molar-refractivity contribution in [2.75, 3.05) is 5.32 Å². The minimum atomic E-state index is -1.25. The maximum absolute atomic E-state index is 9.29. The second-order valence-electron chi connectivity index (χ2n) is 4.13. The molecule has 0 heterocycles. The Morgan fingerprint density at radius 2 is 1.82 bits per heavy atom. The number of oxime groups is 1. The number of aryl methyl sites for hydroxylation is 1. The highest BCUT2D eigenvalue weighted by Crippen LogP contribution is 2.34. The Labute approximate surface area is 137 Å². The molecule has 0 aliphatic rings. The first-order valence-corrected chi connectivity index (χ1v) is 6.88. The molecular weight excluding hydrogens is 327 g/mol. The second kappa shape index (κ2) is 8.92. The highest BCUT2D eigenvalue weighted by atomic mass is 35.5. The van der Waals surface area contributed by atoms with Gasteiger partial charge in [0.15, 0.2) is 6.21 Å². The topological polar surface area (TPSA) is 81.9 Å². The first kappa shape index (κ1) is 17.8. The number of hydrogen-bond donors (Lipinski definition) is 3. The summed E-state index contributed by atoms with van der Waals surface area (Å²) < 4.78 is 0. The van der Waals surface area contributed by atoms with Crippen LogP contribution in [0.25, 0.3) is 0 Å². The van der Waals surface area contributed by atoms with Crippen molar-refractivity contribution in [1.82, 2.24) is 0 Å². The van der Waals surface area contributed by atoms with Crippen LogP contribution in [0.2, 0.25) is 10.0 Å². The van der Waals surface area contributed by atoms with Crippen LogP contribution in [0.1, 0.15) is 5.56 Å². The quantitative estimate of drug-likeness (QED) is 0.434. The molecule has 0 saturated carbocycles. The van der Waals surface area contributed by atoms with Crippen LogP contribution in [-0.2, 0) is 4.79 Å². The van der Waals surface area contributed by atoms with Crippen molar-refractivity contribution in [2.24, 2.45) is 5.16 Å². The first-order chi connectivity index (χ1) is 10.5. The van der Waals surface area contributed by atoms with Crippen molar-refractivity contribution < 1.29 is 15.1 Å². The van der Waals surface area contributed by atoms with Crippen LogP contribution >= 0.6 is 23.2 Å². The Kier molecular flexibility index (Phi) is 7.22. The monoisotopic (exact) mass is 340 g/mol. The maximum atomic E-state index is 9.29. The Bertz CT molecular complexity index is 661. The van der Waals surface area contributed by atoms with Crippen LogP contribution < -0.4 is 5.32 Å². The van der Waals surface area contributed by atoms with Crippen molar-refractivity contribution in [3.8, 4) is 0 Å². The van der Waals surface area contributed by atoms with Gasteiger partial charge in [0.2, 0.25) is 0 Å². The molecule has 0 aliphatic heterocycles. The summed E-state index contributed by atoms with van der Waals surface area (Å²) in [7, 11) is 0. The molecule has 0 saturated heterocycles. The molecule has 22 heavy (non-hydrogen) atoms. The van der Waals surface area contributed by atoms with Crippen molar-refractivity contribution in [2.45, 2.75) is 6.92 Å². The lowest BCUT2D eigenvalue weighted by Gasteiger charge is -2.11. The van der Waals surface area contributed by atoms with E-state index in [4.69, 9.17) is 33.5 Å². The minimum absolute atomic E-state index is 0.389. The zero-order valence-electron chi connectivity index (χ0n) is 11.6. The van der Waals surface area contributed by atoms with Gasteiger partial charge < -0.3 is 15.6 Å². The summed E-state index contributed by atoms with van der Waals surface area (Å²) >= 11 is 12.3. The predicted octanol–water partition coefficient (Wildman–Crippen LogP) is 4.58. The molecular formula is C15H14Cl2N2O3. The van der Waals surface area contributed by atoms with Crippen LogP contribution in [0.3, 0.4) is 0 Å². The summed E-state index contributed by atoms with van der Waals surface area (Å²) in [5.74, 6) is -1.25. The molecule has 0 aliphatic carbocycles. The Balaban J connectivity index is 0.000000346. The van der Waals surface area contributed by atoms with Crippen LogP contribution in [0.4, 0.5) is 11.4 Å². The number of halogens is 2. The zero-order chi connectivity index (χ0) is 16.5. The fourth-order valence-corrected chi connectivity index (χ4v) is 1.95. The molecule has 116 valence electrons. The SMILES string of the molecule is Cc1ccc(Cl)c(Nc2ccccc2)c1Cl.O=C(O)C=NO. The first-order valence-electron chi connectivity index (χ1n) is 6.12. The highest BCUT2D eigenvalue weighted by molar-refractivity contribution is 6.39. The molecule has 5 nitrogen and oxygen atoms in total. The summed E-state index contributed by atoms with van der Waals surface area (Å²) in [5.41, 5.74) is 2.73. The van der Waals surface area contributed by atoms with E-state index in [1.807, 2.05) is 49.4 Å². The number of aliphatic carboxylic acids is 1. The number of hydrogen-bond acceptors (Lipinski definition) is 4. The third-order valence-electron chi connectivity index (χ3n) is 2.50. The number of nitrogens with zero attached hydrogens (tertiary/aromatic N) is 1. The fraction of sp³-hybridized carbons (Fsp3) is 0.0667. The Morgan fingerprint density at radius 3 is 2.32 bits per heavy atom. The molecule has 2 aromatic carbocycles. The number of nitrogens with one attached hydrogen (secondary N) is 1. The third-order valence-corrected chi connectivity index (χ3v) is 3.30. The van der Waals surface area contributed by atoms with E-state index in [1.54, 1.807) is 0 Å². The number of anilines is 2. The molecule has 0 fully saturated rings. The number of benzene rings is 2. The van der Waals surface area contributed by atoms with Gasteiger partial charge in [0.05, 0.1) is 15.7 Å². The predicted molar refractivity (Wildman–Crippen MR) is 88.8 cm³/mol. The number of para-hydroxylation sites is 1. The van der Waals surface area contributed by atoms with Crippen molar-refractivity contribution in [3.05, 3.63) is 58.1 Å². The second-order valence-corrected chi connectivity index (χ2v) is 4.91. The van der Waals surface area contributed by atoms with Gasteiger partial charge in [-0.05, 0) is 30.7 Å². The van der Waals surface area contributed by atoms with Gasteiger partial charge in [-0.2, -0.15) is 0 Å². The highest BCUT2D eigenvalue weighted by Gasteiger charge is 2.08. The molecule has 0 atom stereocenters. The number of rotatable bonds is 3. The van der Waals surface area contributed by atoms with E-state index in [0.717, 1.165) is 16.9 Å². The van der Waals surface area contributed by atoms with Crippen LogP contribution in [0.5, 0.6) is 0 Å². The number of carboxylic acids is 1. The van der Waals surface area contributed by atoms with Gasteiger partial charge in [-0.15, -0.1) is 0 Å². The van der Waals surface area contributed by atoms with Gasteiger partial charge in [0.1, 0.15) is 0 Å². The number of carboxylic acid groups (broad SMARTS) is 1. The van der Waals surface area contributed by atoms with E-state index >= 15 is 0 Å². The average Bonchev–Trinajstić information content (AvgIpc) is 2.49. The summed E-state index contributed by atoms with van der Waals surface area (Å²) in [4.78, 5) is 9.29. The summed E-state index contributed by atoms with van der Waals surface area (Å²) in [6.45, 7) is 1.95. The lowest BCUT2D eigenvalue weighted by atomic mass is 10.2. The van der Waals surface area contributed by atoms with Gasteiger partial charge in [0.25, 0.3) is 0 Å². The van der Waals surface area contributed by atoms with E-state index in [2.05, 4.69) is 10.5 Å². The van der Waals surface area contributed by atoms with Crippen molar-refractivity contribution >= 4 is 46.8 Å². The molecule has 3 N–H and O–H groups in total. The summed E-state index contributed by atoms with van der Waals surface area (Å²) in [6.07, 6.45) is 0.389. The van der Waals surface area contributed by atoms with E-state index in [0.29, 0.717) is 16.3 Å². The molecule has 0 amide bonds. The van der Waals surface area contributed by atoms with E-state index in [1.165, 1.54) is 0 Å². The molecule has 0 aromatic heterocycles. The van der Waals surface area contributed by atoms with Crippen LogP contribution in [0.15, 0.2) is 47.6 Å². The zero-order valence-corrected chi connectivity index (χ0v) is 13.1. The van der Waals surface area contributed by atoms with Gasteiger partial charge in [-0.3, -0.25) is 0 Å². The van der Waals surface area contributed by atoms with Gasteiger partial charge in [0, 0.05) is 5.69 Å². The van der Waals surface area contributed by atoms with Crippen LogP contribution in [-0.4, -0.2) is 22.5 Å². The van der Waals surface area contributed by atoms with E-state index in [9.17, 15) is 4.79 Å². The average molecular weight is 341 g/mol. The standard InChI is InChI=1S/C13H11Cl2N.C2H3NO3/c1-9-7-8-11(14)13(12(9)15)16-10-5-3-2-4-6-10;4-2(5)1-3-6/h2-8,16H,1H3;1,6H,(H,4,5). The maximum Gasteiger partial charge on any atom is 0.350 e. The fourth-order valence-electron chi connectivity index (χ4n) is 1.49. The van der Waals surface area contributed by atoms with Gasteiger partial charge in [-0.1, -0.05) is 52.6 Å². The Morgan fingerprint density at radius 1 is 1.18 bits per heavy atom. The van der Waals surface area contributed by atoms with Crippen LogP contribution in [0, 0.1) is 6.92 Å². The lowest BCUT2D eigenvalue weighted by Crippen LogP contribution is -1.93. The van der Waals surface area contributed by atoms with E-state index < -0.39 is 5.97 Å². The summed E-state index contributed by atoms with van der Waals surface area (Å²) in [5, 5.41) is 21.7. The smallest absolute Gasteiger partial charge is 0.350 e. The molecule has 0 spiro atoms. The third kappa shape index (κ3) is 5.63. The van der Waals surface area contributed by atoms with Gasteiger partial charge in [-0.25, -0.2) is 4.79 Å². The minimum Gasteiger partial charge on any atom is -0.477 e. The molecule has 0 unspecified atom stereocenters.